The molecule has 2 atom stereocenters. The summed E-state index contributed by atoms with van der Waals surface area (Å²) in [6.45, 7) is 3.82. The minimum Gasteiger partial charge on any atom is -0.462 e. The van der Waals surface area contributed by atoms with Crippen LogP contribution >= 0.6 is 7.82 Å². The molecular weight excluding hydrogens is 1030 g/mol. The molecule has 0 aromatic carbocycles. The summed E-state index contributed by atoms with van der Waals surface area (Å²) in [5, 5.41) is 0. The van der Waals surface area contributed by atoms with Crippen molar-refractivity contribution in [3.8, 4) is 0 Å². The van der Waals surface area contributed by atoms with Crippen LogP contribution in [0.25, 0.3) is 0 Å². The molecule has 0 aliphatic rings. The Labute approximate surface area is 503 Å². The molecule has 0 saturated carbocycles. The molecule has 0 saturated heterocycles. The molecule has 0 amide bonds. The number of hydrogen-bond donors (Lipinski definition) is 2. The smallest absolute Gasteiger partial charge is 0.462 e. The van der Waals surface area contributed by atoms with Crippen LogP contribution in [0.3, 0.4) is 0 Å². The van der Waals surface area contributed by atoms with E-state index in [0.29, 0.717) is 6.42 Å². The topological polar surface area (TPSA) is 134 Å². The first-order chi connectivity index (χ1) is 39.8. The van der Waals surface area contributed by atoms with Crippen LogP contribution in [-0.4, -0.2) is 49.3 Å². The maximum absolute atomic E-state index is 12.8. The number of ether oxygens (including phenoxy) is 2. The molecule has 0 aliphatic carbocycles. The van der Waals surface area contributed by atoms with Crippen molar-refractivity contribution in [2.75, 3.05) is 26.4 Å². The SMILES string of the molecule is CCCCCCCCCC/C=C\CCCCCCCCCCCCCCCCCCCCCCCCCC(=O)OC(COC(=O)CCCCCCCCCCCCCCC/C=C\CCCCCCCCCC)COP(=O)(O)OCCN. The van der Waals surface area contributed by atoms with E-state index in [1.807, 2.05) is 0 Å². The van der Waals surface area contributed by atoms with Gasteiger partial charge in [0.15, 0.2) is 6.10 Å². The molecule has 0 heterocycles. The number of unbranched alkanes of at least 4 members (excludes halogenated alkanes) is 52. The third-order valence-corrected chi connectivity index (χ3v) is 17.3. The third kappa shape index (κ3) is 67.5. The fourth-order valence-electron chi connectivity index (χ4n) is 11.0. The minimum absolute atomic E-state index is 0.0566. The van der Waals surface area contributed by atoms with Gasteiger partial charge in [-0.2, -0.15) is 0 Å². The van der Waals surface area contributed by atoms with Crippen molar-refractivity contribution in [1.82, 2.24) is 0 Å². The van der Waals surface area contributed by atoms with Crippen molar-refractivity contribution in [2.24, 2.45) is 5.73 Å². The molecule has 0 aliphatic heterocycles. The Kier molecular flexibility index (Phi) is 66.4. The van der Waals surface area contributed by atoms with Crippen LogP contribution in [0.5, 0.6) is 0 Å². The van der Waals surface area contributed by atoms with E-state index in [2.05, 4.69) is 38.2 Å². The number of phosphoric acid groups is 1. The lowest BCUT2D eigenvalue weighted by Crippen LogP contribution is -2.29. The zero-order valence-corrected chi connectivity index (χ0v) is 55.0. The Morgan fingerprint density at radius 2 is 0.605 bits per heavy atom. The number of hydrogen-bond acceptors (Lipinski definition) is 8. The zero-order chi connectivity index (χ0) is 58.7. The highest BCUT2D eigenvalue weighted by Gasteiger charge is 2.26. The van der Waals surface area contributed by atoms with Gasteiger partial charge in [-0.25, -0.2) is 4.57 Å². The average molecular weight is 1160 g/mol. The van der Waals surface area contributed by atoms with E-state index >= 15 is 0 Å². The van der Waals surface area contributed by atoms with E-state index in [4.69, 9.17) is 24.3 Å². The van der Waals surface area contributed by atoms with Crippen molar-refractivity contribution in [3.63, 3.8) is 0 Å². The number of allylic oxidation sites excluding steroid dienone is 4. The monoisotopic (exact) mass is 1160 g/mol. The van der Waals surface area contributed by atoms with Crippen LogP contribution in [-0.2, 0) is 32.7 Å². The molecule has 3 N–H and O–H groups in total. The maximum Gasteiger partial charge on any atom is 0.472 e. The molecule has 0 radical (unpaired) electrons. The van der Waals surface area contributed by atoms with Gasteiger partial charge in [0.05, 0.1) is 13.2 Å². The number of phosphoric ester groups is 1. The van der Waals surface area contributed by atoms with Crippen molar-refractivity contribution in [2.45, 2.75) is 392 Å². The first-order valence-corrected chi connectivity index (χ1v) is 37.3. The standard InChI is InChI=1S/C71H138NO8P/c1-3-5-7-9-11-13-15-17-19-21-23-25-27-29-30-31-32-33-34-35-36-37-38-40-42-44-46-48-50-52-54-56-58-60-62-64-71(74)80-69(68-79-81(75,76)78-66-65-72)67-77-70(73)63-61-59-57-55-53-51-49-47-45-43-41-39-28-26-24-22-20-18-16-14-12-10-8-6-4-2/h21-24,69H,3-20,25-68,72H2,1-2H3,(H,75,76)/b23-21-,24-22-. The summed E-state index contributed by atoms with van der Waals surface area (Å²) >= 11 is 0. The molecule has 9 nitrogen and oxygen atoms in total. The Morgan fingerprint density at radius 1 is 0.358 bits per heavy atom. The van der Waals surface area contributed by atoms with Gasteiger partial charge in [-0.15, -0.1) is 0 Å². The van der Waals surface area contributed by atoms with Gasteiger partial charge in [-0.3, -0.25) is 18.6 Å². The third-order valence-electron chi connectivity index (χ3n) is 16.3. The number of carbonyl (C=O) groups is 2. The fourth-order valence-corrected chi connectivity index (χ4v) is 11.8. The van der Waals surface area contributed by atoms with Gasteiger partial charge in [0.2, 0.25) is 0 Å². The first kappa shape index (κ1) is 79.5. The predicted octanol–water partition coefficient (Wildman–Crippen LogP) is 23.3. The van der Waals surface area contributed by atoms with Crippen LogP contribution in [0.1, 0.15) is 386 Å². The van der Waals surface area contributed by atoms with Crippen molar-refractivity contribution >= 4 is 19.8 Å². The van der Waals surface area contributed by atoms with Crippen LogP contribution in [0.15, 0.2) is 24.3 Å². The quantitative estimate of drug-likeness (QED) is 0.0264. The molecular formula is C71H138NO8P. The number of nitrogens with two attached hydrogens (primary N) is 1. The van der Waals surface area contributed by atoms with E-state index in [9.17, 15) is 19.0 Å². The number of esters is 2. The fraction of sp³-hybridized carbons (Fsp3) is 0.915. The van der Waals surface area contributed by atoms with Crippen LogP contribution in [0.4, 0.5) is 0 Å². The second-order valence-electron chi connectivity index (χ2n) is 24.5. The molecule has 2 unspecified atom stereocenters. The molecule has 10 heteroatoms. The zero-order valence-electron chi connectivity index (χ0n) is 54.1. The van der Waals surface area contributed by atoms with Gasteiger partial charge in [0.1, 0.15) is 6.61 Å². The molecule has 0 aromatic rings. The van der Waals surface area contributed by atoms with Gasteiger partial charge in [-0.05, 0) is 64.2 Å². The van der Waals surface area contributed by atoms with E-state index in [1.54, 1.807) is 0 Å². The van der Waals surface area contributed by atoms with Gasteiger partial charge in [-0.1, -0.05) is 334 Å². The van der Waals surface area contributed by atoms with Gasteiger partial charge in [0.25, 0.3) is 0 Å². The summed E-state index contributed by atoms with van der Waals surface area (Å²) < 4.78 is 33.2. The molecule has 0 fully saturated rings. The van der Waals surface area contributed by atoms with E-state index in [0.717, 1.165) is 32.1 Å². The maximum atomic E-state index is 12.8. The number of rotatable bonds is 69. The van der Waals surface area contributed by atoms with Gasteiger partial charge < -0.3 is 20.1 Å². The Morgan fingerprint density at radius 3 is 0.877 bits per heavy atom. The van der Waals surface area contributed by atoms with Gasteiger partial charge >= 0.3 is 19.8 Å². The summed E-state index contributed by atoms with van der Waals surface area (Å²) in [6.07, 6.45) is 82.9. The largest absolute Gasteiger partial charge is 0.472 e. The molecule has 81 heavy (non-hydrogen) atoms. The Hall–Kier alpha value is -1.51. The second-order valence-corrected chi connectivity index (χ2v) is 25.9. The highest BCUT2D eigenvalue weighted by Crippen LogP contribution is 2.43. The Bertz CT molecular complexity index is 1380. The summed E-state index contributed by atoms with van der Waals surface area (Å²) in [5.41, 5.74) is 5.40. The summed E-state index contributed by atoms with van der Waals surface area (Å²) in [7, 11) is -4.39. The highest BCUT2D eigenvalue weighted by atomic mass is 31.2. The normalized spacial score (nSPS) is 13.0. The molecule has 480 valence electrons. The first-order valence-electron chi connectivity index (χ1n) is 35.8. The second kappa shape index (κ2) is 67.6. The van der Waals surface area contributed by atoms with Crippen molar-refractivity contribution < 1.29 is 37.6 Å². The van der Waals surface area contributed by atoms with Crippen LogP contribution < -0.4 is 5.73 Å². The van der Waals surface area contributed by atoms with E-state index < -0.39 is 26.5 Å². The highest BCUT2D eigenvalue weighted by molar-refractivity contribution is 7.47. The van der Waals surface area contributed by atoms with Crippen molar-refractivity contribution in [1.29, 1.82) is 0 Å². The summed E-state index contributed by atoms with van der Waals surface area (Å²) in [6, 6.07) is 0. The molecule has 0 bridgehead atoms. The van der Waals surface area contributed by atoms with Crippen LogP contribution in [0.2, 0.25) is 0 Å². The number of carbonyl (C=O) groups excluding carboxylic acids is 2. The molecule has 0 spiro atoms. The minimum atomic E-state index is -4.39. The van der Waals surface area contributed by atoms with E-state index in [1.165, 1.54) is 321 Å². The molecule has 0 aromatic heterocycles. The van der Waals surface area contributed by atoms with E-state index in [-0.39, 0.29) is 38.6 Å². The summed E-state index contributed by atoms with van der Waals surface area (Å²) in [5.74, 6) is -0.804. The molecule has 0 rings (SSSR count). The van der Waals surface area contributed by atoms with Crippen molar-refractivity contribution in [3.05, 3.63) is 24.3 Å². The van der Waals surface area contributed by atoms with Gasteiger partial charge in [0, 0.05) is 19.4 Å². The average Bonchev–Trinajstić information content (AvgIpc) is 3.46. The lowest BCUT2D eigenvalue weighted by atomic mass is 10.0. The van der Waals surface area contributed by atoms with Crippen LogP contribution in [0, 0.1) is 0 Å². The predicted molar refractivity (Wildman–Crippen MR) is 349 cm³/mol. The lowest BCUT2D eigenvalue weighted by molar-refractivity contribution is -0.161. The Balaban J connectivity index is 3.79. The summed E-state index contributed by atoms with van der Waals surface area (Å²) in [4.78, 5) is 35.4. The lowest BCUT2D eigenvalue weighted by Gasteiger charge is -2.19.